The van der Waals surface area contributed by atoms with Crippen LogP contribution in [0.25, 0.3) is 16.9 Å². The third-order valence-corrected chi connectivity index (χ3v) is 6.74. The Morgan fingerprint density at radius 1 is 1.00 bits per heavy atom. The number of hydrogen-bond donors (Lipinski definition) is 0. The van der Waals surface area contributed by atoms with E-state index in [1.165, 1.54) is 16.8 Å². The number of rotatable bonds is 3. The van der Waals surface area contributed by atoms with Crippen LogP contribution in [0.5, 0.6) is 0 Å². The van der Waals surface area contributed by atoms with Crippen molar-refractivity contribution in [2.45, 2.75) is 13.8 Å². The van der Waals surface area contributed by atoms with Crippen molar-refractivity contribution in [3.63, 3.8) is 0 Å². The minimum Gasteiger partial charge on any atom is -0.340 e. The molecule has 4 aromatic rings. The smallest absolute Gasteiger partial charge is 0.258 e. The van der Waals surface area contributed by atoms with E-state index >= 15 is 0 Å². The molecule has 1 amide bonds. The first-order valence-corrected chi connectivity index (χ1v) is 11.4. The number of aryl methyl sites for hydroxylation is 2. The number of amides is 1. The van der Waals surface area contributed by atoms with Gasteiger partial charge in [-0.3, -0.25) is 9.78 Å². The lowest BCUT2D eigenvalue weighted by Crippen LogP contribution is -2.34. The van der Waals surface area contributed by atoms with Gasteiger partial charge in [0.15, 0.2) is 0 Å². The number of carbonyl (C=O) groups is 1. The summed E-state index contributed by atoms with van der Waals surface area (Å²) in [7, 11) is 0. The Balaban J connectivity index is 1.28. The summed E-state index contributed by atoms with van der Waals surface area (Å²) in [6.07, 6.45) is 2.96. The molecule has 8 nitrogen and oxygen atoms in total. The average Bonchev–Trinajstić information content (AvgIpc) is 3.49. The van der Waals surface area contributed by atoms with E-state index in [-0.39, 0.29) is 5.91 Å². The van der Waals surface area contributed by atoms with Crippen molar-refractivity contribution in [1.82, 2.24) is 29.5 Å². The molecule has 2 aliphatic heterocycles. The lowest BCUT2D eigenvalue weighted by atomic mass is 10.0. The fourth-order valence-electron chi connectivity index (χ4n) is 5.25. The summed E-state index contributed by atoms with van der Waals surface area (Å²) in [5.74, 6) is 0.973. The molecule has 0 radical (unpaired) electrons. The highest BCUT2D eigenvalue weighted by Gasteiger charge is 2.43. The molecule has 9 heteroatoms. The molecule has 34 heavy (non-hydrogen) atoms. The van der Waals surface area contributed by atoms with Crippen molar-refractivity contribution in [3.8, 4) is 11.4 Å². The number of likely N-dealkylation sites (tertiary alicyclic amines) is 1. The molecular formula is C25H24FN7O. The summed E-state index contributed by atoms with van der Waals surface area (Å²) in [5.41, 5.74) is 4.03. The molecule has 0 bridgehead atoms. The fourth-order valence-corrected chi connectivity index (χ4v) is 5.25. The van der Waals surface area contributed by atoms with Crippen molar-refractivity contribution >= 4 is 17.4 Å². The topological polar surface area (TPSA) is 79.5 Å². The minimum atomic E-state index is -0.411. The lowest BCUT2D eigenvalue weighted by molar-refractivity contribution is 0.0785. The Labute approximate surface area is 196 Å². The minimum absolute atomic E-state index is 0.0918. The number of carbonyl (C=O) groups excluding carboxylic acids is 1. The lowest BCUT2D eigenvalue weighted by Gasteiger charge is -2.22. The maximum absolute atomic E-state index is 13.9. The zero-order valence-electron chi connectivity index (χ0n) is 19.0. The van der Waals surface area contributed by atoms with Crippen molar-refractivity contribution in [1.29, 1.82) is 0 Å². The van der Waals surface area contributed by atoms with Crippen molar-refractivity contribution < 1.29 is 9.18 Å². The molecule has 0 aromatic carbocycles. The van der Waals surface area contributed by atoms with Crippen molar-refractivity contribution in [2.75, 3.05) is 31.1 Å². The van der Waals surface area contributed by atoms with Crippen LogP contribution in [0, 0.1) is 31.5 Å². The van der Waals surface area contributed by atoms with Gasteiger partial charge in [-0.2, -0.15) is 5.10 Å². The second-order valence-corrected chi connectivity index (χ2v) is 9.20. The molecule has 2 fully saturated rings. The van der Waals surface area contributed by atoms with E-state index in [0.29, 0.717) is 47.4 Å². The van der Waals surface area contributed by atoms with E-state index in [1.807, 2.05) is 43.0 Å². The molecule has 2 saturated heterocycles. The van der Waals surface area contributed by atoms with Crippen LogP contribution in [-0.2, 0) is 0 Å². The van der Waals surface area contributed by atoms with Gasteiger partial charge in [0.25, 0.3) is 5.91 Å². The van der Waals surface area contributed by atoms with Gasteiger partial charge < -0.3 is 9.80 Å². The molecule has 0 N–H and O–H groups in total. The third kappa shape index (κ3) is 3.48. The number of anilines is 1. The molecule has 0 spiro atoms. The maximum atomic E-state index is 13.9. The van der Waals surface area contributed by atoms with E-state index in [4.69, 9.17) is 0 Å². The SMILES string of the molecule is Cc1cc(C)nc(N2C[C@H]3CN(C(=O)c4c(-c5ccccn5)nn5cc(F)ccc45)C[C@H]3C2)n1. The molecule has 6 heterocycles. The van der Waals surface area contributed by atoms with Gasteiger partial charge in [-0.1, -0.05) is 6.07 Å². The van der Waals surface area contributed by atoms with Crippen LogP contribution < -0.4 is 4.90 Å². The quantitative estimate of drug-likeness (QED) is 0.470. The summed E-state index contributed by atoms with van der Waals surface area (Å²) in [6.45, 7) is 6.93. The average molecular weight is 458 g/mol. The largest absolute Gasteiger partial charge is 0.340 e. The molecule has 2 aliphatic rings. The predicted molar refractivity (Wildman–Crippen MR) is 125 cm³/mol. The van der Waals surface area contributed by atoms with Crippen LogP contribution in [0.4, 0.5) is 10.3 Å². The van der Waals surface area contributed by atoms with Crippen molar-refractivity contribution in [2.24, 2.45) is 11.8 Å². The Hall–Kier alpha value is -3.88. The summed E-state index contributed by atoms with van der Waals surface area (Å²) < 4.78 is 15.3. The van der Waals surface area contributed by atoms with Crippen LogP contribution >= 0.6 is 0 Å². The van der Waals surface area contributed by atoms with Gasteiger partial charge >= 0.3 is 0 Å². The monoisotopic (exact) mass is 457 g/mol. The summed E-state index contributed by atoms with van der Waals surface area (Å²) >= 11 is 0. The van der Waals surface area contributed by atoms with Gasteiger partial charge in [0, 0.05) is 55.6 Å². The number of nitrogens with zero attached hydrogens (tertiary/aromatic N) is 7. The van der Waals surface area contributed by atoms with E-state index < -0.39 is 5.82 Å². The number of hydrogen-bond acceptors (Lipinski definition) is 6. The first-order chi connectivity index (χ1) is 16.5. The molecule has 0 saturated carbocycles. The zero-order chi connectivity index (χ0) is 23.4. The van der Waals surface area contributed by atoms with Crippen LogP contribution in [0.3, 0.4) is 0 Å². The third-order valence-electron chi connectivity index (χ3n) is 6.74. The normalized spacial score (nSPS) is 19.7. The van der Waals surface area contributed by atoms with Gasteiger partial charge in [0.2, 0.25) is 5.95 Å². The molecule has 2 atom stereocenters. The van der Waals surface area contributed by atoms with Crippen LogP contribution in [0.1, 0.15) is 21.7 Å². The molecule has 4 aromatic heterocycles. The molecule has 0 aliphatic carbocycles. The van der Waals surface area contributed by atoms with E-state index in [0.717, 1.165) is 30.4 Å². The number of aromatic nitrogens is 5. The van der Waals surface area contributed by atoms with E-state index in [2.05, 4.69) is 25.0 Å². The Bertz CT molecular complexity index is 1370. The second-order valence-electron chi connectivity index (χ2n) is 9.20. The summed E-state index contributed by atoms with van der Waals surface area (Å²) in [6, 6.07) is 10.4. The zero-order valence-corrected chi connectivity index (χ0v) is 19.0. The van der Waals surface area contributed by atoms with Crippen LogP contribution in [0.15, 0.2) is 48.8 Å². The molecule has 172 valence electrons. The Morgan fingerprint density at radius 2 is 1.74 bits per heavy atom. The van der Waals surface area contributed by atoms with Crippen LogP contribution in [0.2, 0.25) is 0 Å². The predicted octanol–water partition coefficient (Wildman–Crippen LogP) is 3.15. The Morgan fingerprint density at radius 3 is 2.41 bits per heavy atom. The molecule has 0 unspecified atom stereocenters. The molecule has 6 rings (SSSR count). The summed E-state index contributed by atoms with van der Waals surface area (Å²) in [5, 5.41) is 4.52. The van der Waals surface area contributed by atoms with E-state index in [1.54, 1.807) is 12.3 Å². The van der Waals surface area contributed by atoms with E-state index in [9.17, 15) is 9.18 Å². The van der Waals surface area contributed by atoms with Gasteiger partial charge in [-0.05, 0) is 44.2 Å². The second kappa shape index (κ2) is 7.86. The fraction of sp³-hybridized carbons (Fsp3) is 0.320. The first kappa shape index (κ1) is 20.7. The van der Waals surface area contributed by atoms with Gasteiger partial charge in [-0.25, -0.2) is 18.9 Å². The van der Waals surface area contributed by atoms with Crippen molar-refractivity contribution in [3.05, 3.63) is 71.6 Å². The van der Waals surface area contributed by atoms with Crippen LogP contribution in [-0.4, -0.2) is 61.6 Å². The number of pyridine rings is 2. The summed E-state index contributed by atoms with van der Waals surface area (Å²) in [4.78, 5) is 31.5. The van der Waals surface area contributed by atoms with Gasteiger partial charge in [0.1, 0.15) is 11.5 Å². The first-order valence-electron chi connectivity index (χ1n) is 11.4. The highest BCUT2D eigenvalue weighted by atomic mass is 19.1. The van der Waals surface area contributed by atoms with Gasteiger partial charge in [0.05, 0.1) is 23.0 Å². The highest BCUT2D eigenvalue weighted by Crippen LogP contribution is 2.35. The maximum Gasteiger partial charge on any atom is 0.258 e. The number of fused-ring (bicyclic) bond motifs is 2. The molecular weight excluding hydrogens is 433 g/mol. The Kier molecular flexibility index (Phi) is 4.79. The standard InChI is InChI=1S/C25H24FN7O/c1-15-9-16(2)29-25(28-15)32-12-17-10-31(11-18(17)13-32)24(34)22-21-7-6-19(26)14-33(21)30-23(22)20-5-3-4-8-27-20/h3-9,14,17-18H,10-13H2,1-2H3/t17-,18+. The van der Waals surface area contributed by atoms with Gasteiger partial charge in [-0.15, -0.1) is 0 Å². The highest BCUT2D eigenvalue weighted by molar-refractivity contribution is 6.06. The number of halogens is 1.